The van der Waals surface area contributed by atoms with E-state index in [1.54, 1.807) is 0 Å². The maximum atomic E-state index is 3.93. The summed E-state index contributed by atoms with van der Waals surface area (Å²) in [4.78, 5) is 3.33. The molecule has 0 fully saturated rings. The maximum absolute atomic E-state index is 3.93. The SMILES string of the molecule is CCCCc1ccc2[nH]cc(CC[NH3+])c2c1. The number of quaternary nitrogens is 1. The molecule has 86 valence electrons. The molecule has 1 aromatic heterocycles. The summed E-state index contributed by atoms with van der Waals surface area (Å²) in [6, 6.07) is 6.78. The van der Waals surface area contributed by atoms with E-state index in [2.05, 4.69) is 42.0 Å². The van der Waals surface area contributed by atoms with Crippen molar-refractivity contribution in [1.82, 2.24) is 4.98 Å². The Morgan fingerprint density at radius 3 is 2.88 bits per heavy atom. The molecule has 2 heteroatoms. The van der Waals surface area contributed by atoms with Crippen LogP contribution in [-0.4, -0.2) is 11.5 Å². The highest BCUT2D eigenvalue weighted by atomic mass is 14.7. The Bertz CT molecular complexity index is 457. The Hall–Kier alpha value is -1.28. The minimum absolute atomic E-state index is 0.964. The van der Waals surface area contributed by atoms with Gasteiger partial charge in [0.05, 0.1) is 6.54 Å². The van der Waals surface area contributed by atoms with Crippen molar-refractivity contribution in [2.75, 3.05) is 6.54 Å². The van der Waals surface area contributed by atoms with Gasteiger partial charge in [0.15, 0.2) is 0 Å². The van der Waals surface area contributed by atoms with Gasteiger partial charge in [0.25, 0.3) is 0 Å². The lowest BCUT2D eigenvalue weighted by Gasteiger charge is -2.01. The number of aromatic amines is 1. The van der Waals surface area contributed by atoms with Crippen molar-refractivity contribution >= 4 is 10.9 Å². The second-order valence-corrected chi connectivity index (χ2v) is 4.40. The molecule has 0 bridgehead atoms. The van der Waals surface area contributed by atoms with Gasteiger partial charge in [-0.1, -0.05) is 19.4 Å². The van der Waals surface area contributed by atoms with E-state index < -0.39 is 0 Å². The lowest BCUT2D eigenvalue weighted by Crippen LogP contribution is -2.51. The van der Waals surface area contributed by atoms with Crippen LogP contribution < -0.4 is 5.73 Å². The summed E-state index contributed by atoms with van der Waals surface area (Å²) in [7, 11) is 0. The molecular formula is C14H21N2+. The molecule has 0 saturated carbocycles. The summed E-state index contributed by atoms with van der Waals surface area (Å²) >= 11 is 0. The predicted molar refractivity (Wildman–Crippen MR) is 68.4 cm³/mol. The van der Waals surface area contributed by atoms with Gasteiger partial charge in [-0.05, 0) is 36.1 Å². The summed E-state index contributed by atoms with van der Waals surface area (Å²) in [6.07, 6.45) is 6.93. The molecule has 0 unspecified atom stereocenters. The molecule has 2 aromatic rings. The zero-order chi connectivity index (χ0) is 11.4. The molecule has 0 aliphatic heterocycles. The Morgan fingerprint density at radius 2 is 2.12 bits per heavy atom. The second-order valence-electron chi connectivity index (χ2n) is 4.40. The summed E-state index contributed by atoms with van der Waals surface area (Å²) in [5, 5.41) is 1.39. The van der Waals surface area contributed by atoms with Crippen LogP contribution in [-0.2, 0) is 12.8 Å². The molecule has 0 atom stereocenters. The Kier molecular flexibility index (Phi) is 3.62. The standard InChI is InChI=1S/C14H20N2/c1-2-3-4-11-5-6-14-13(9-11)12(7-8-15)10-16-14/h5-6,9-10,16H,2-4,7-8,15H2,1H3/p+1. The highest BCUT2D eigenvalue weighted by molar-refractivity contribution is 5.83. The van der Waals surface area contributed by atoms with Crippen LogP contribution in [0, 0.1) is 0 Å². The summed E-state index contributed by atoms with van der Waals surface area (Å²) in [5.41, 5.74) is 8.04. The first-order chi connectivity index (χ1) is 7.85. The minimum atomic E-state index is 0.964. The van der Waals surface area contributed by atoms with Crippen LogP contribution >= 0.6 is 0 Å². The molecule has 0 aliphatic rings. The number of nitrogens with one attached hydrogen (secondary N) is 1. The van der Waals surface area contributed by atoms with Gasteiger partial charge >= 0.3 is 0 Å². The largest absolute Gasteiger partial charge is 0.361 e. The van der Waals surface area contributed by atoms with Crippen molar-refractivity contribution in [1.29, 1.82) is 0 Å². The smallest absolute Gasteiger partial charge is 0.0781 e. The third kappa shape index (κ3) is 2.27. The first kappa shape index (κ1) is 11.2. The predicted octanol–water partition coefficient (Wildman–Crippen LogP) is 2.29. The van der Waals surface area contributed by atoms with Gasteiger partial charge in [-0.3, -0.25) is 0 Å². The molecule has 1 aromatic carbocycles. The normalized spacial score (nSPS) is 11.1. The average molecular weight is 217 g/mol. The number of hydrogen-bond donors (Lipinski definition) is 2. The van der Waals surface area contributed by atoms with Crippen molar-refractivity contribution in [3.63, 3.8) is 0 Å². The van der Waals surface area contributed by atoms with Crippen LogP contribution in [0.5, 0.6) is 0 Å². The number of hydrogen-bond acceptors (Lipinski definition) is 0. The summed E-state index contributed by atoms with van der Waals surface area (Å²) < 4.78 is 0. The van der Waals surface area contributed by atoms with E-state index >= 15 is 0 Å². The zero-order valence-corrected chi connectivity index (χ0v) is 10.1. The minimum Gasteiger partial charge on any atom is -0.361 e. The van der Waals surface area contributed by atoms with E-state index in [4.69, 9.17) is 0 Å². The number of aromatic nitrogens is 1. The molecule has 0 amide bonds. The number of aryl methyl sites for hydroxylation is 1. The van der Waals surface area contributed by atoms with E-state index in [9.17, 15) is 0 Å². The fourth-order valence-corrected chi connectivity index (χ4v) is 2.16. The zero-order valence-electron chi connectivity index (χ0n) is 10.1. The van der Waals surface area contributed by atoms with E-state index in [1.807, 2.05) is 0 Å². The van der Waals surface area contributed by atoms with E-state index in [1.165, 1.54) is 41.3 Å². The Labute approximate surface area is 96.9 Å². The van der Waals surface area contributed by atoms with Crippen LogP contribution in [0.2, 0.25) is 0 Å². The molecule has 2 nitrogen and oxygen atoms in total. The maximum Gasteiger partial charge on any atom is 0.0781 e. The fraction of sp³-hybridized carbons (Fsp3) is 0.429. The van der Waals surface area contributed by atoms with E-state index in [-0.39, 0.29) is 0 Å². The molecule has 1 heterocycles. The molecule has 0 saturated heterocycles. The fourth-order valence-electron chi connectivity index (χ4n) is 2.16. The van der Waals surface area contributed by atoms with Crippen molar-refractivity contribution in [3.8, 4) is 0 Å². The van der Waals surface area contributed by atoms with Crippen molar-refractivity contribution in [3.05, 3.63) is 35.5 Å². The topological polar surface area (TPSA) is 43.4 Å². The van der Waals surface area contributed by atoms with Crippen molar-refractivity contribution in [2.45, 2.75) is 32.6 Å². The summed E-state index contributed by atoms with van der Waals surface area (Å²) in [6.45, 7) is 3.20. The van der Waals surface area contributed by atoms with Crippen molar-refractivity contribution < 1.29 is 5.73 Å². The van der Waals surface area contributed by atoms with Crippen LogP contribution in [0.4, 0.5) is 0 Å². The number of H-pyrrole nitrogens is 1. The molecule has 16 heavy (non-hydrogen) atoms. The average Bonchev–Trinajstić information content (AvgIpc) is 2.70. The Morgan fingerprint density at radius 1 is 1.25 bits per heavy atom. The molecule has 0 spiro atoms. The van der Waals surface area contributed by atoms with Gasteiger partial charge in [-0.15, -0.1) is 0 Å². The van der Waals surface area contributed by atoms with Crippen LogP contribution in [0.15, 0.2) is 24.4 Å². The van der Waals surface area contributed by atoms with Crippen molar-refractivity contribution in [2.24, 2.45) is 0 Å². The molecule has 4 N–H and O–H groups in total. The van der Waals surface area contributed by atoms with Crippen LogP contribution in [0.25, 0.3) is 10.9 Å². The van der Waals surface area contributed by atoms with Gasteiger partial charge in [0.2, 0.25) is 0 Å². The second kappa shape index (κ2) is 5.17. The lowest BCUT2D eigenvalue weighted by atomic mass is 10.0. The quantitative estimate of drug-likeness (QED) is 0.772. The number of unbranched alkanes of at least 4 members (excludes halogenated alkanes) is 1. The highest BCUT2D eigenvalue weighted by Gasteiger charge is 2.04. The number of rotatable bonds is 5. The molecule has 2 rings (SSSR count). The van der Waals surface area contributed by atoms with Crippen LogP contribution in [0.1, 0.15) is 30.9 Å². The van der Waals surface area contributed by atoms with Gasteiger partial charge in [0, 0.05) is 23.5 Å². The van der Waals surface area contributed by atoms with E-state index in [0.717, 1.165) is 13.0 Å². The van der Waals surface area contributed by atoms with Gasteiger partial charge in [0.1, 0.15) is 0 Å². The summed E-state index contributed by atoms with van der Waals surface area (Å²) in [5.74, 6) is 0. The molecule has 0 radical (unpaired) electrons. The number of fused-ring (bicyclic) bond motifs is 1. The van der Waals surface area contributed by atoms with Gasteiger partial charge in [-0.2, -0.15) is 0 Å². The molecule has 0 aliphatic carbocycles. The van der Waals surface area contributed by atoms with Gasteiger partial charge < -0.3 is 10.7 Å². The van der Waals surface area contributed by atoms with E-state index in [0.29, 0.717) is 0 Å². The highest BCUT2D eigenvalue weighted by Crippen LogP contribution is 2.21. The van der Waals surface area contributed by atoms with Crippen LogP contribution in [0.3, 0.4) is 0 Å². The third-order valence-corrected chi connectivity index (χ3v) is 3.10. The first-order valence-corrected chi connectivity index (χ1v) is 6.23. The lowest BCUT2D eigenvalue weighted by molar-refractivity contribution is -0.366. The number of benzene rings is 1. The third-order valence-electron chi connectivity index (χ3n) is 3.10. The monoisotopic (exact) mass is 217 g/mol. The Balaban J connectivity index is 2.30. The molecular weight excluding hydrogens is 196 g/mol. The van der Waals surface area contributed by atoms with Gasteiger partial charge in [-0.25, -0.2) is 0 Å². The first-order valence-electron chi connectivity index (χ1n) is 6.23.